The number of hydrogen-bond donors (Lipinski definition) is 3. The van der Waals surface area contributed by atoms with Crippen LogP contribution in [-0.4, -0.2) is 17.6 Å². The molecule has 4 heteroatoms. The number of anilines is 2. The van der Waals surface area contributed by atoms with Crippen molar-refractivity contribution < 1.29 is 9.90 Å². The first-order valence-corrected chi connectivity index (χ1v) is 7.00. The number of carboxylic acids is 1. The van der Waals surface area contributed by atoms with Crippen molar-refractivity contribution in [1.82, 2.24) is 0 Å². The van der Waals surface area contributed by atoms with Crippen LogP contribution in [0.15, 0.2) is 18.2 Å². The third kappa shape index (κ3) is 2.39. The van der Waals surface area contributed by atoms with Crippen LogP contribution in [0.1, 0.15) is 36.0 Å². The van der Waals surface area contributed by atoms with Gasteiger partial charge in [-0.1, -0.05) is 6.42 Å². The molecule has 0 heterocycles. The topological polar surface area (TPSA) is 75.4 Å². The smallest absolute Gasteiger partial charge is 0.337 e. The van der Waals surface area contributed by atoms with E-state index in [4.69, 9.17) is 5.73 Å². The molecule has 2 aliphatic rings. The Morgan fingerprint density at radius 3 is 2.84 bits per heavy atom. The third-order valence-electron chi connectivity index (χ3n) is 4.71. The molecule has 2 bridgehead atoms. The van der Waals surface area contributed by atoms with E-state index < -0.39 is 5.97 Å². The van der Waals surface area contributed by atoms with E-state index in [-0.39, 0.29) is 0 Å². The number of nitrogens with two attached hydrogens (primary N) is 1. The lowest BCUT2D eigenvalue weighted by atomic mass is 9.89. The summed E-state index contributed by atoms with van der Waals surface area (Å²) in [6.07, 6.45) is 5.40. The molecule has 4 nitrogen and oxygen atoms in total. The number of carboxylic acid groups (broad SMARTS) is 1. The molecule has 0 aliphatic heterocycles. The molecule has 102 valence electrons. The van der Waals surface area contributed by atoms with E-state index >= 15 is 0 Å². The molecule has 1 aromatic rings. The Morgan fingerprint density at radius 1 is 1.37 bits per heavy atom. The molecule has 19 heavy (non-hydrogen) atoms. The fourth-order valence-electron chi connectivity index (χ4n) is 3.76. The maximum absolute atomic E-state index is 11.2. The lowest BCUT2D eigenvalue weighted by molar-refractivity contribution is 0.0698. The van der Waals surface area contributed by atoms with E-state index in [0.29, 0.717) is 22.9 Å². The first-order valence-electron chi connectivity index (χ1n) is 7.00. The van der Waals surface area contributed by atoms with Crippen LogP contribution >= 0.6 is 0 Å². The summed E-state index contributed by atoms with van der Waals surface area (Å²) >= 11 is 0. The molecule has 0 radical (unpaired) electrons. The summed E-state index contributed by atoms with van der Waals surface area (Å²) in [5.41, 5.74) is 7.29. The van der Waals surface area contributed by atoms with Gasteiger partial charge in [0.2, 0.25) is 0 Å². The van der Waals surface area contributed by atoms with Gasteiger partial charge < -0.3 is 16.2 Å². The van der Waals surface area contributed by atoms with E-state index in [1.807, 2.05) is 0 Å². The summed E-state index contributed by atoms with van der Waals surface area (Å²) in [6, 6.07) is 4.92. The first-order chi connectivity index (χ1) is 9.13. The maximum atomic E-state index is 11.2. The van der Waals surface area contributed by atoms with Gasteiger partial charge in [-0.25, -0.2) is 4.79 Å². The molecule has 1 aromatic carbocycles. The Bertz CT molecular complexity index is 501. The van der Waals surface area contributed by atoms with Gasteiger partial charge >= 0.3 is 5.97 Å². The van der Waals surface area contributed by atoms with Crippen LogP contribution in [0.2, 0.25) is 0 Å². The Hall–Kier alpha value is -1.71. The average Bonchev–Trinajstić information content (AvgIpc) is 2.98. The fourth-order valence-corrected chi connectivity index (χ4v) is 3.76. The van der Waals surface area contributed by atoms with Crippen molar-refractivity contribution in [2.24, 2.45) is 17.8 Å². The highest BCUT2D eigenvalue weighted by Crippen LogP contribution is 2.48. The minimum Gasteiger partial charge on any atom is -0.478 e. The van der Waals surface area contributed by atoms with Crippen LogP contribution in [0.5, 0.6) is 0 Å². The summed E-state index contributed by atoms with van der Waals surface area (Å²) in [4.78, 5) is 11.2. The second kappa shape index (κ2) is 4.76. The number of nitrogen functional groups attached to an aromatic ring is 1. The van der Waals surface area contributed by atoms with E-state index in [0.717, 1.165) is 18.4 Å². The largest absolute Gasteiger partial charge is 0.478 e. The molecule has 3 unspecified atom stereocenters. The van der Waals surface area contributed by atoms with Gasteiger partial charge in [-0.3, -0.25) is 0 Å². The molecule has 0 saturated heterocycles. The number of nitrogens with one attached hydrogen (secondary N) is 1. The Balaban J connectivity index is 1.69. The molecular weight excluding hydrogens is 240 g/mol. The Kier molecular flexibility index (Phi) is 3.09. The van der Waals surface area contributed by atoms with Crippen molar-refractivity contribution in [2.45, 2.75) is 25.7 Å². The van der Waals surface area contributed by atoms with Gasteiger partial charge in [0.15, 0.2) is 0 Å². The quantitative estimate of drug-likeness (QED) is 0.728. The van der Waals surface area contributed by atoms with E-state index in [9.17, 15) is 9.90 Å². The summed E-state index contributed by atoms with van der Waals surface area (Å²) in [6.45, 7) is 0.866. The van der Waals surface area contributed by atoms with Crippen LogP contribution in [0.4, 0.5) is 11.4 Å². The lowest BCUT2D eigenvalue weighted by Gasteiger charge is -2.23. The summed E-state index contributed by atoms with van der Waals surface area (Å²) in [5, 5.41) is 12.5. The zero-order chi connectivity index (χ0) is 13.4. The molecule has 0 spiro atoms. The van der Waals surface area contributed by atoms with Crippen molar-refractivity contribution in [1.29, 1.82) is 0 Å². The SMILES string of the molecule is Nc1ccc(C(=O)O)c(NCC2CC3CCC2C3)c1. The predicted molar refractivity (Wildman–Crippen MR) is 75.2 cm³/mol. The summed E-state index contributed by atoms with van der Waals surface area (Å²) in [5.74, 6) is 1.54. The highest BCUT2D eigenvalue weighted by atomic mass is 16.4. The first kappa shape index (κ1) is 12.3. The number of benzene rings is 1. The van der Waals surface area contributed by atoms with Crippen molar-refractivity contribution in [3.05, 3.63) is 23.8 Å². The van der Waals surface area contributed by atoms with E-state index in [2.05, 4.69) is 5.32 Å². The van der Waals surface area contributed by atoms with Crippen molar-refractivity contribution >= 4 is 17.3 Å². The molecule has 3 atom stereocenters. The van der Waals surface area contributed by atoms with Crippen LogP contribution in [-0.2, 0) is 0 Å². The zero-order valence-corrected chi connectivity index (χ0v) is 10.9. The zero-order valence-electron chi connectivity index (χ0n) is 10.9. The number of rotatable bonds is 4. The van der Waals surface area contributed by atoms with Gasteiger partial charge in [-0.05, 0) is 55.2 Å². The van der Waals surface area contributed by atoms with Gasteiger partial charge in [0, 0.05) is 12.2 Å². The third-order valence-corrected chi connectivity index (χ3v) is 4.71. The summed E-state index contributed by atoms with van der Waals surface area (Å²) < 4.78 is 0. The molecule has 4 N–H and O–H groups in total. The number of fused-ring (bicyclic) bond motifs is 2. The van der Waals surface area contributed by atoms with E-state index in [1.54, 1.807) is 18.2 Å². The molecule has 2 fully saturated rings. The molecule has 0 amide bonds. The van der Waals surface area contributed by atoms with Crippen LogP contribution < -0.4 is 11.1 Å². The molecule has 0 aromatic heterocycles. The normalized spacial score (nSPS) is 28.5. The van der Waals surface area contributed by atoms with Crippen LogP contribution in [0.3, 0.4) is 0 Å². The fraction of sp³-hybridized carbons (Fsp3) is 0.533. The number of hydrogen-bond acceptors (Lipinski definition) is 3. The highest BCUT2D eigenvalue weighted by molar-refractivity contribution is 5.95. The van der Waals surface area contributed by atoms with Gasteiger partial charge in [-0.15, -0.1) is 0 Å². The minimum absolute atomic E-state index is 0.303. The summed E-state index contributed by atoms with van der Waals surface area (Å²) in [7, 11) is 0. The minimum atomic E-state index is -0.907. The van der Waals surface area contributed by atoms with Crippen molar-refractivity contribution in [2.75, 3.05) is 17.6 Å². The van der Waals surface area contributed by atoms with Crippen LogP contribution in [0.25, 0.3) is 0 Å². The highest BCUT2D eigenvalue weighted by Gasteiger charge is 2.39. The van der Waals surface area contributed by atoms with Crippen LogP contribution in [0, 0.1) is 17.8 Å². The van der Waals surface area contributed by atoms with Gasteiger partial charge in [0.25, 0.3) is 0 Å². The van der Waals surface area contributed by atoms with Crippen molar-refractivity contribution in [3.63, 3.8) is 0 Å². The van der Waals surface area contributed by atoms with Gasteiger partial charge in [0.1, 0.15) is 0 Å². The lowest BCUT2D eigenvalue weighted by Crippen LogP contribution is -2.21. The predicted octanol–water partition coefficient (Wildman–Crippen LogP) is 2.82. The van der Waals surface area contributed by atoms with Crippen molar-refractivity contribution in [3.8, 4) is 0 Å². The van der Waals surface area contributed by atoms with E-state index in [1.165, 1.54) is 25.7 Å². The molecule has 2 saturated carbocycles. The standard InChI is InChI=1S/C15H20N2O2/c16-12-3-4-13(15(18)19)14(7-12)17-8-11-6-9-1-2-10(11)5-9/h3-4,7,9-11,17H,1-2,5-6,8,16H2,(H,18,19). The number of carbonyl (C=O) groups is 1. The Morgan fingerprint density at radius 2 is 2.21 bits per heavy atom. The maximum Gasteiger partial charge on any atom is 0.337 e. The molecule has 2 aliphatic carbocycles. The monoisotopic (exact) mass is 260 g/mol. The Labute approximate surface area is 113 Å². The second-order valence-electron chi connectivity index (χ2n) is 5.93. The molecular formula is C15H20N2O2. The number of aromatic carboxylic acids is 1. The van der Waals surface area contributed by atoms with Gasteiger partial charge in [0.05, 0.1) is 11.3 Å². The average molecular weight is 260 g/mol. The second-order valence-corrected chi connectivity index (χ2v) is 5.93. The molecule has 3 rings (SSSR count). The van der Waals surface area contributed by atoms with Gasteiger partial charge in [-0.2, -0.15) is 0 Å².